The Hall–Kier alpha value is -5.48. The molecule has 0 N–H and O–H groups in total. The van der Waals surface area contributed by atoms with Crippen LogP contribution in [0, 0.1) is 11.3 Å². The highest BCUT2D eigenvalue weighted by atomic mass is 15.0. The Bertz CT molecular complexity index is 2280. The zero-order chi connectivity index (χ0) is 36.5. The number of benzene rings is 2. The van der Waals surface area contributed by atoms with Crippen LogP contribution < -0.4 is 0 Å². The summed E-state index contributed by atoms with van der Waals surface area (Å²) in [6.07, 6.45) is 33.4. The lowest BCUT2D eigenvalue weighted by atomic mass is 9.77. The Morgan fingerprint density at radius 1 is 1.00 bits per heavy atom. The molecule has 8 rings (SSSR count). The third-order valence-corrected chi connectivity index (χ3v) is 11.8. The van der Waals surface area contributed by atoms with Gasteiger partial charge in [-0.3, -0.25) is 4.99 Å². The maximum atomic E-state index is 5.39. The van der Waals surface area contributed by atoms with Gasteiger partial charge in [-0.1, -0.05) is 147 Å². The lowest BCUT2D eigenvalue weighted by Gasteiger charge is -2.28. The first-order valence-corrected chi connectivity index (χ1v) is 19.2. The molecule has 1 aliphatic heterocycles. The zero-order valence-electron chi connectivity index (χ0n) is 31.4. The van der Waals surface area contributed by atoms with Gasteiger partial charge in [-0.25, -0.2) is 15.0 Å². The average Bonchev–Trinajstić information content (AvgIpc) is 3.66. The molecule has 5 aliphatic rings. The minimum Gasteiger partial charge on any atom is -0.285 e. The fraction of sp³-hybridized carbons (Fsp3) is 0.265. The van der Waals surface area contributed by atoms with Crippen molar-refractivity contribution in [3.63, 3.8) is 0 Å². The lowest BCUT2D eigenvalue weighted by molar-refractivity contribution is 0.524. The molecule has 3 unspecified atom stereocenters. The SMILES string of the molecule is C=C/C=C(\C=C/CC1=CC2c3c(cccc3-c3nc(C4=CCCC5=C4C(/C=C\C)=C(C)C5(C)C)nc(-c4ccccc4)n3)CC2C=C1)C1CC=CC=N1. The summed E-state index contributed by atoms with van der Waals surface area (Å²) in [6.45, 7) is 13.1. The maximum Gasteiger partial charge on any atom is 0.164 e. The van der Waals surface area contributed by atoms with E-state index in [1.165, 1.54) is 44.6 Å². The van der Waals surface area contributed by atoms with Crippen molar-refractivity contribution in [3.05, 3.63) is 178 Å². The second-order valence-corrected chi connectivity index (χ2v) is 15.2. The largest absolute Gasteiger partial charge is 0.285 e. The van der Waals surface area contributed by atoms with E-state index in [1.54, 1.807) is 0 Å². The molecule has 0 bridgehead atoms. The van der Waals surface area contributed by atoms with Crippen LogP contribution in [0.1, 0.15) is 76.2 Å². The van der Waals surface area contributed by atoms with E-state index in [0.29, 0.717) is 11.7 Å². The number of nitrogens with zero attached hydrogens (tertiary/aromatic N) is 4. The Labute approximate surface area is 315 Å². The molecule has 3 aromatic rings. The Kier molecular flexibility index (Phi) is 9.47. The molecule has 0 saturated carbocycles. The van der Waals surface area contributed by atoms with E-state index in [-0.39, 0.29) is 17.4 Å². The first-order valence-electron chi connectivity index (χ1n) is 19.2. The van der Waals surface area contributed by atoms with E-state index in [2.05, 4.69) is 142 Å². The molecule has 2 aromatic carbocycles. The molecule has 264 valence electrons. The number of fused-ring (bicyclic) bond motifs is 3. The molecule has 0 saturated heterocycles. The molecule has 0 fully saturated rings. The molecule has 4 aliphatic carbocycles. The molecule has 0 amide bonds. The Morgan fingerprint density at radius 3 is 2.62 bits per heavy atom. The van der Waals surface area contributed by atoms with E-state index < -0.39 is 0 Å². The molecule has 4 heteroatoms. The Balaban J connectivity index is 1.19. The van der Waals surface area contributed by atoms with Gasteiger partial charge in [0, 0.05) is 34.2 Å². The minimum atomic E-state index is -0.00450. The molecule has 3 atom stereocenters. The van der Waals surface area contributed by atoms with Crippen LogP contribution in [0.2, 0.25) is 0 Å². The van der Waals surface area contributed by atoms with Crippen LogP contribution in [-0.4, -0.2) is 27.2 Å². The normalized spacial score (nSPS) is 23.1. The van der Waals surface area contributed by atoms with Crippen molar-refractivity contribution in [2.45, 2.75) is 71.8 Å². The smallest absolute Gasteiger partial charge is 0.164 e. The topological polar surface area (TPSA) is 51.0 Å². The highest BCUT2D eigenvalue weighted by molar-refractivity contribution is 5.88. The summed E-state index contributed by atoms with van der Waals surface area (Å²) in [5.41, 5.74) is 14.0. The van der Waals surface area contributed by atoms with Crippen LogP contribution in [0.4, 0.5) is 0 Å². The summed E-state index contributed by atoms with van der Waals surface area (Å²) in [4.78, 5) is 20.6. The maximum absolute atomic E-state index is 5.39. The van der Waals surface area contributed by atoms with Crippen LogP contribution in [0.15, 0.2) is 166 Å². The van der Waals surface area contributed by atoms with Gasteiger partial charge in [-0.2, -0.15) is 0 Å². The number of hydrogen-bond acceptors (Lipinski definition) is 4. The zero-order valence-corrected chi connectivity index (χ0v) is 31.4. The number of aliphatic imine (C=N–C) groups is 1. The second kappa shape index (κ2) is 14.5. The summed E-state index contributed by atoms with van der Waals surface area (Å²) in [6, 6.07) is 17.2. The standard InChI is InChI=1S/C49H48N4/c1-6-16-34(43-26-11-12-29-50-43)21-13-18-33-27-28-36-31-37-22-14-23-39(44(37)41(36)30-33)47-51-46(35-19-9-8-10-20-35)52-48(53-47)40-24-15-25-42-45(40)38(17-7-2)32(3)49(42,4)5/h6-14,16-17,19-24,27-30,36,41,43H,1,15,18,25-26,31H2,2-5H3/b17-7-,21-13-,34-16+. The second-order valence-electron chi connectivity index (χ2n) is 15.2. The van der Waals surface area contributed by atoms with E-state index >= 15 is 0 Å². The first kappa shape index (κ1) is 34.6. The molecule has 0 radical (unpaired) electrons. The molecule has 1 aromatic heterocycles. The van der Waals surface area contributed by atoms with Gasteiger partial charge in [0.15, 0.2) is 17.5 Å². The van der Waals surface area contributed by atoms with Crippen LogP contribution in [0.25, 0.3) is 28.3 Å². The molecule has 4 nitrogen and oxygen atoms in total. The van der Waals surface area contributed by atoms with E-state index in [1.807, 2.05) is 24.4 Å². The summed E-state index contributed by atoms with van der Waals surface area (Å²) < 4.78 is 0. The monoisotopic (exact) mass is 692 g/mol. The fourth-order valence-electron chi connectivity index (χ4n) is 8.83. The van der Waals surface area contributed by atoms with Gasteiger partial charge in [-0.05, 0) is 91.4 Å². The first-order chi connectivity index (χ1) is 25.9. The lowest BCUT2D eigenvalue weighted by Crippen LogP contribution is -2.15. The van der Waals surface area contributed by atoms with Crippen LogP contribution in [0.3, 0.4) is 0 Å². The van der Waals surface area contributed by atoms with Gasteiger partial charge in [0.25, 0.3) is 0 Å². The average molecular weight is 693 g/mol. The molecular formula is C49H48N4. The number of dihydropyridines is 1. The van der Waals surface area contributed by atoms with E-state index in [0.717, 1.165) is 60.5 Å². The van der Waals surface area contributed by atoms with Gasteiger partial charge < -0.3 is 0 Å². The predicted octanol–water partition coefficient (Wildman–Crippen LogP) is 11.8. The minimum absolute atomic E-state index is 0.00450. The number of rotatable bonds is 9. The third-order valence-electron chi connectivity index (χ3n) is 11.8. The predicted molar refractivity (Wildman–Crippen MR) is 221 cm³/mol. The van der Waals surface area contributed by atoms with Gasteiger partial charge in [0.05, 0.1) is 6.04 Å². The van der Waals surface area contributed by atoms with Crippen molar-refractivity contribution in [1.29, 1.82) is 0 Å². The summed E-state index contributed by atoms with van der Waals surface area (Å²) in [5.74, 6) is 2.89. The van der Waals surface area contributed by atoms with Gasteiger partial charge in [0.1, 0.15) is 0 Å². The van der Waals surface area contributed by atoms with Crippen LogP contribution in [-0.2, 0) is 6.42 Å². The van der Waals surface area contributed by atoms with Gasteiger partial charge in [0.2, 0.25) is 0 Å². The Morgan fingerprint density at radius 2 is 1.83 bits per heavy atom. The molecule has 0 spiro atoms. The quantitative estimate of drug-likeness (QED) is 0.210. The molecule has 2 heterocycles. The van der Waals surface area contributed by atoms with Gasteiger partial charge >= 0.3 is 0 Å². The summed E-state index contributed by atoms with van der Waals surface area (Å²) >= 11 is 0. The van der Waals surface area contributed by atoms with Crippen LogP contribution in [0.5, 0.6) is 0 Å². The number of aromatic nitrogens is 3. The number of allylic oxidation sites excluding steroid dienone is 16. The van der Waals surface area contributed by atoms with Crippen molar-refractivity contribution in [2.75, 3.05) is 0 Å². The summed E-state index contributed by atoms with van der Waals surface area (Å²) in [7, 11) is 0. The van der Waals surface area contributed by atoms with Crippen molar-refractivity contribution in [3.8, 4) is 22.8 Å². The van der Waals surface area contributed by atoms with E-state index in [9.17, 15) is 0 Å². The molecule has 53 heavy (non-hydrogen) atoms. The van der Waals surface area contributed by atoms with Crippen molar-refractivity contribution < 1.29 is 0 Å². The highest BCUT2D eigenvalue weighted by Gasteiger charge is 2.40. The fourth-order valence-corrected chi connectivity index (χ4v) is 8.83. The van der Waals surface area contributed by atoms with Gasteiger partial charge in [-0.15, -0.1) is 0 Å². The highest BCUT2D eigenvalue weighted by Crippen LogP contribution is 2.54. The van der Waals surface area contributed by atoms with Crippen molar-refractivity contribution >= 4 is 11.8 Å². The van der Waals surface area contributed by atoms with Crippen molar-refractivity contribution in [1.82, 2.24) is 15.0 Å². The third kappa shape index (κ3) is 6.45. The van der Waals surface area contributed by atoms with E-state index in [4.69, 9.17) is 15.0 Å². The summed E-state index contributed by atoms with van der Waals surface area (Å²) in [5, 5.41) is 0. The van der Waals surface area contributed by atoms with Crippen LogP contribution >= 0.6 is 0 Å². The van der Waals surface area contributed by atoms with Crippen molar-refractivity contribution in [2.24, 2.45) is 16.3 Å². The number of hydrogen-bond donors (Lipinski definition) is 0. The molecular weight excluding hydrogens is 645 g/mol.